The average molecular weight is 380 g/mol. The lowest BCUT2D eigenvalue weighted by molar-refractivity contribution is 0.102. The minimum atomic E-state index is -0.695. The van der Waals surface area contributed by atoms with E-state index >= 15 is 0 Å². The second-order valence-electron chi connectivity index (χ2n) is 7.57. The van der Waals surface area contributed by atoms with Crippen LogP contribution >= 0.6 is 0 Å². The zero-order chi connectivity index (χ0) is 19.6. The van der Waals surface area contributed by atoms with Crippen LogP contribution in [0.15, 0.2) is 30.3 Å². The summed E-state index contributed by atoms with van der Waals surface area (Å²) in [5, 5.41) is 7.31. The Hall–Kier alpha value is -3.09. The molecule has 1 fully saturated rings. The van der Waals surface area contributed by atoms with Gasteiger partial charge in [0.2, 0.25) is 0 Å². The number of hydrogen-bond acceptors (Lipinski definition) is 3. The number of pyridine rings is 1. The number of rotatable bonds is 3. The summed E-state index contributed by atoms with van der Waals surface area (Å²) in [5.74, 6) is -0.907. The standard InChI is InChI=1S/C21H18F2N4O/c1-10-3-5-17(11(2)24-10)25-21(28)19-15-8-12-7-14(12)20(15)27(26-19)18-6-4-13(22)9-16(18)23/h3-6,9,12,14H,7-8H2,1-2H3,(H,25,28)/t12-,14-/m1/s1. The van der Waals surface area contributed by atoms with Crippen LogP contribution in [-0.2, 0) is 6.42 Å². The number of nitrogens with zero attached hydrogens (tertiary/aromatic N) is 3. The number of carbonyl (C=O) groups excluding carboxylic acids is 1. The fraction of sp³-hybridized carbons (Fsp3) is 0.286. The van der Waals surface area contributed by atoms with Crippen LogP contribution in [0.25, 0.3) is 5.69 Å². The van der Waals surface area contributed by atoms with Gasteiger partial charge >= 0.3 is 0 Å². The van der Waals surface area contributed by atoms with Crippen molar-refractivity contribution in [3.05, 3.63) is 70.3 Å². The Labute approximate surface area is 160 Å². The van der Waals surface area contributed by atoms with Gasteiger partial charge in [0.25, 0.3) is 5.91 Å². The average Bonchev–Trinajstić information content (AvgIpc) is 3.14. The fourth-order valence-corrected chi connectivity index (χ4v) is 4.14. The highest BCUT2D eigenvalue weighted by Gasteiger charge is 2.50. The Morgan fingerprint density at radius 1 is 1.21 bits per heavy atom. The van der Waals surface area contributed by atoms with Gasteiger partial charge in [0.1, 0.15) is 11.5 Å². The van der Waals surface area contributed by atoms with E-state index in [1.54, 1.807) is 0 Å². The number of aryl methyl sites for hydroxylation is 2. The number of amides is 1. The van der Waals surface area contributed by atoms with Gasteiger partial charge in [-0.3, -0.25) is 9.78 Å². The molecule has 2 heterocycles. The summed E-state index contributed by atoms with van der Waals surface area (Å²) in [7, 11) is 0. The highest BCUT2D eigenvalue weighted by atomic mass is 19.1. The zero-order valence-electron chi connectivity index (χ0n) is 15.5. The van der Waals surface area contributed by atoms with Crippen molar-refractivity contribution in [3.8, 4) is 5.69 Å². The molecule has 2 aliphatic rings. The van der Waals surface area contributed by atoms with Crippen LogP contribution in [0.4, 0.5) is 14.5 Å². The van der Waals surface area contributed by atoms with Crippen molar-refractivity contribution >= 4 is 11.6 Å². The maximum absolute atomic E-state index is 14.4. The molecule has 3 aromatic rings. The van der Waals surface area contributed by atoms with Crippen LogP contribution in [0.1, 0.15) is 45.5 Å². The fourth-order valence-electron chi connectivity index (χ4n) is 4.14. The second kappa shape index (κ2) is 5.95. The number of fused-ring (bicyclic) bond motifs is 3. The first-order chi connectivity index (χ1) is 13.4. The molecule has 0 aliphatic heterocycles. The van der Waals surface area contributed by atoms with Crippen LogP contribution in [0, 0.1) is 31.4 Å². The number of benzene rings is 1. The van der Waals surface area contributed by atoms with Crippen LogP contribution in [0.2, 0.25) is 0 Å². The quantitative estimate of drug-likeness (QED) is 0.745. The number of carbonyl (C=O) groups is 1. The van der Waals surface area contributed by atoms with Gasteiger partial charge in [-0.25, -0.2) is 13.5 Å². The van der Waals surface area contributed by atoms with Crippen LogP contribution in [0.5, 0.6) is 0 Å². The van der Waals surface area contributed by atoms with E-state index in [4.69, 9.17) is 0 Å². The Morgan fingerprint density at radius 3 is 2.79 bits per heavy atom. The first-order valence-electron chi connectivity index (χ1n) is 9.25. The monoisotopic (exact) mass is 380 g/mol. The molecule has 5 rings (SSSR count). The lowest BCUT2D eigenvalue weighted by Gasteiger charge is -2.08. The van der Waals surface area contributed by atoms with E-state index in [1.807, 2.05) is 26.0 Å². The molecule has 1 N–H and O–H groups in total. The maximum Gasteiger partial charge on any atom is 0.276 e. The molecule has 0 bridgehead atoms. The molecule has 0 spiro atoms. The topological polar surface area (TPSA) is 59.8 Å². The van der Waals surface area contributed by atoms with Gasteiger partial charge in [0.05, 0.1) is 17.1 Å². The second-order valence-corrected chi connectivity index (χ2v) is 7.57. The summed E-state index contributed by atoms with van der Waals surface area (Å²) < 4.78 is 29.2. The molecule has 142 valence electrons. The summed E-state index contributed by atoms with van der Waals surface area (Å²) in [4.78, 5) is 17.3. The highest BCUT2D eigenvalue weighted by Crippen LogP contribution is 2.57. The van der Waals surface area contributed by atoms with E-state index in [-0.39, 0.29) is 17.5 Å². The molecule has 1 amide bonds. The summed E-state index contributed by atoms with van der Waals surface area (Å²) in [6.07, 6.45) is 1.78. The number of aromatic nitrogens is 3. The molecule has 2 aromatic heterocycles. The molecule has 2 atom stereocenters. The predicted molar refractivity (Wildman–Crippen MR) is 99.7 cm³/mol. The summed E-state index contributed by atoms with van der Waals surface area (Å²) in [6, 6.07) is 7.04. The van der Waals surface area contributed by atoms with Crippen LogP contribution < -0.4 is 5.32 Å². The van der Waals surface area contributed by atoms with Gasteiger partial charge in [-0.2, -0.15) is 5.10 Å². The first kappa shape index (κ1) is 17.0. The zero-order valence-corrected chi connectivity index (χ0v) is 15.5. The van der Waals surface area contributed by atoms with Crippen LogP contribution in [-0.4, -0.2) is 20.7 Å². The largest absolute Gasteiger partial charge is 0.319 e. The van der Waals surface area contributed by atoms with Gasteiger partial charge in [0.15, 0.2) is 11.5 Å². The van der Waals surface area contributed by atoms with E-state index in [9.17, 15) is 13.6 Å². The molecule has 0 radical (unpaired) electrons. The van der Waals surface area contributed by atoms with E-state index in [0.717, 1.165) is 41.6 Å². The number of anilines is 1. The van der Waals surface area contributed by atoms with Gasteiger partial charge < -0.3 is 5.32 Å². The summed E-state index contributed by atoms with van der Waals surface area (Å²) in [5.41, 5.74) is 4.40. The number of nitrogens with one attached hydrogen (secondary N) is 1. The Morgan fingerprint density at radius 2 is 2.04 bits per heavy atom. The SMILES string of the molecule is Cc1ccc(NC(=O)c2nn(-c3ccc(F)cc3F)c3c2C[C@H]2C[C@@H]32)c(C)n1. The Bertz CT molecular complexity index is 1140. The molecule has 2 aliphatic carbocycles. The maximum atomic E-state index is 14.4. The number of halogens is 2. The van der Waals surface area contributed by atoms with Gasteiger partial charge in [-0.05, 0) is 56.9 Å². The van der Waals surface area contributed by atoms with E-state index in [0.29, 0.717) is 17.3 Å². The molecular formula is C21H18F2N4O. The van der Waals surface area contributed by atoms with Crippen molar-refractivity contribution in [2.45, 2.75) is 32.6 Å². The smallest absolute Gasteiger partial charge is 0.276 e. The minimum Gasteiger partial charge on any atom is -0.319 e. The summed E-state index contributed by atoms with van der Waals surface area (Å²) in [6.45, 7) is 3.71. The van der Waals surface area contributed by atoms with Crippen molar-refractivity contribution in [2.24, 2.45) is 5.92 Å². The van der Waals surface area contributed by atoms with Crippen molar-refractivity contribution in [1.29, 1.82) is 0 Å². The summed E-state index contributed by atoms with van der Waals surface area (Å²) >= 11 is 0. The first-order valence-corrected chi connectivity index (χ1v) is 9.25. The van der Waals surface area contributed by atoms with E-state index in [2.05, 4.69) is 15.4 Å². The van der Waals surface area contributed by atoms with Gasteiger partial charge in [-0.15, -0.1) is 0 Å². The Balaban J connectivity index is 1.56. The van der Waals surface area contributed by atoms with Crippen molar-refractivity contribution in [3.63, 3.8) is 0 Å². The molecule has 1 saturated carbocycles. The van der Waals surface area contributed by atoms with Crippen molar-refractivity contribution in [2.75, 3.05) is 5.32 Å². The third-order valence-corrected chi connectivity index (χ3v) is 5.59. The van der Waals surface area contributed by atoms with Gasteiger partial charge in [0, 0.05) is 23.2 Å². The molecule has 1 aromatic carbocycles. The molecule has 7 heteroatoms. The Kier molecular flexibility index (Phi) is 3.62. The van der Waals surface area contributed by atoms with E-state index in [1.165, 1.54) is 16.8 Å². The highest BCUT2D eigenvalue weighted by molar-refractivity contribution is 6.04. The molecular weight excluding hydrogens is 362 g/mol. The minimum absolute atomic E-state index is 0.164. The lowest BCUT2D eigenvalue weighted by Crippen LogP contribution is -2.16. The molecule has 28 heavy (non-hydrogen) atoms. The van der Waals surface area contributed by atoms with E-state index < -0.39 is 11.6 Å². The van der Waals surface area contributed by atoms with Crippen LogP contribution in [0.3, 0.4) is 0 Å². The molecule has 0 unspecified atom stereocenters. The predicted octanol–water partition coefficient (Wildman–Crippen LogP) is 4.07. The van der Waals surface area contributed by atoms with Crippen molar-refractivity contribution in [1.82, 2.24) is 14.8 Å². The normalized spacial score (nSPS) is 19.3. The van der Waals surface area contributed by atoms with Crippen molar-refractivity contribution < 1.29 is 13.6 Å². The molecule has 0 saturated heterocycles. The molecule has 5 nitrogen and oxygen atoms in total. The lowest BCUT2D eigenvalue weighted by atomic mass is 10.1. The number of hydrogen-bond donors (Lipinski definition) is 1. The third kappa shape index (κ3) is 2.61. The van der Waals surface area contributed by atoms with Gasteiger partial charge in [-0.1, -0.05) is 0 Å². The third-order valence-electron chi connectivity index (χ3n) is 5.59.